The van der Waals surface area contributed by atoms with E-state index in [0.717, 1.165) is 47.6 Å². The minimum absolute atomic E-state index is 0.182. The molecular weight excluding hydrogens is 493 g/mol. The number of benzene rings is 1. The molecule has 3 aromatic rings. The van der Waals surface area contributed by atoms with Gasteiger partial charge in [-0.25, -0.2) is 8.78 Å². The number of aromatic nitrogens is 3. The van der Waals surface area contributed by atoms with Crippen LogP contribution in [0.25, 0.3) is 11.1 Å². The van der Waals surface area contributed by atoms with Crippen molar-refractivity contribution in [2.75, 3.05) is 44.8 Å². The smallest absolute Gasteiger partial charge is 0.283 e. The normalized spacial score (nSPS) is 20.8. The molecule has 5 rings (SSSR count). The van der Waals surface area contributed by atoms with Crippen LogP contribution >= 0.6 is 0 Å². The third-order valence-electron chi connectivity index (χ3n) is 7.54. The number of aliphatic hydroxyl groups excluding tert-OH is 1. The molecule has 1 fully saturated rings. The first-order valence-electron chi connectivity index (χ1n) is 13.1. The Morgan fingerprint density at radius 2 is 1.95 bits per heavy atom. The van der Waals surface area contributed by atoms with Crippen LogP contribution in [0.5, 0.6) is 0 Å². The van der Waals surface area contributed by atoms with Gasteiger partial charge in [-0.3, -0.25) is 23.9 Å². The van der Waals surface area contributed by atoms with Gasteiger partial charge in [0.1, 0.15) is 6.61 Å². The lowest BCUT2D eigenvalue weighted by Gasteiger charge is -2.43. The van der Waals surface area contributed by atoms with Gasteiger partial charge in [-0.15, -0.1) is 0 Å². The number of fused-ring (bicyclic) bond motifs is 1. The Morgan fingerprint density at radius 1 is 1.13 bits per heavy atom. The van der Waals surface area contributed by atoms with E-state index in [1.54, 1.807) is 15.8 Å². The van der Waals surface area contributed by atoms with Crippen LogP contribution in [0.3, 0.4) is 0 Å². The molecule has 0 aliphatic carbocycles. The number of anilines is 1. The summed E-state index contributed by atoms with van der Waals surface area (Å²) in [6, 6.07) is 9.60. The van der Waals surface area contributed by atoms with Crippen molar-refractivity contribution in [3.63, 3.8) is 0 Å². The summed E-state index contributed by atoms with van der Waals surface area (Å²) in [4.78, 5) is 8.68. The van der Waals surface area contributed by atoms with Gasteiger partial charge in [0.15, 0.2) is 0 Å². The monoisotopic (exact) mass is 528 g/mol. The van der Waals surface area contributed by atoms with E-state index in [1.807, 2.05) is 50.6 Å². The molecule has 2 aliphatic rings. The number of nitrogens with zero attached hydrogens (tertiary/aromatic N) is 5. The van der Waals surface area contributed by atoms with Gasteiger partial charge < -0.3 is 10.4 Å². The zero-order valence-corrected chi connectivity index (χ0v) is 21.8. The number of halogens is 3. The number of nitrogens with one attached hydrogen (secondary N) is 1. The Balaban J connectivity index is 1.40. The van der Waals surface area contributed by atoms with Crippen molar-refractivity contribution in [2.24, 2.45) is 7.05 Å². The van der Waals surface area contributed by atoms with Crippen LogP contribution in [0, 0.1) is 0 Å². The highest BCUT2D eigenvalue weighted by molar-refractivity contribution is 5.64. The average Bonchev–Trinajstić information content (AvgIpc) is 3.32. The first kappa shape index (κ1) is 26.6. The number of likely N-dealkylation sites (tertiary alicyclic amines) is 1. The molecule has 1 saturated heterocycles. The van der Waals surface area contributed by atoms with E-state index in [9.17, 15) is 18.3 Å². The minimum atomic E-state index is -3.22. The van der Waals surface area contributed by atoms with Crippen molar-refractivity contribution in [1.82, 2.24) is 24.6 Å². The first-order chi connectivity index (χ1) is 18.3. The Hall–Kier alpha value is -2.95. The van der Waals surface area contributed by atoms with Crippen LogP contribution in [0.15, 0.2) is 48.9 Å². The van der Waals surface area contributed by atoms with E-state index in [4.69, 9.17) is 4.98 Å². The van der Waals surface area contributed by atoms with Crippen LogP contribution in [-0.4, -0.2) is 87.1 Å². The molecule has 1 aromatic carbocycles. The van der Waals surface area contributed by atoms with Gasteiger partial charge in [0.05, 0.1) is 49.1 Å². The highest BCUT2D eigenvalue weighted by atomic mass is 19.3. The van der Waals surface area contributed by atoms with Crippen LogP contribution in [-0.2, 0) is 13.5 Å². The maximum atomic E-state index is 14.5. The molecule has 0 radical (unpaired) electrons. The SMILES string of the molecule is C[C@@H]1Cc2cc(-c3cnn(C)c3)ccc2[C@H](c2ccc(NC3CN(CCCF)C3)cn2)N1CC(F)(F)CO. The van der Waals surface area contributed by atoms with E-state index >= 15 is 0 Å². The zero-order chi connectivity index (χ0) is 26.9. The summed E-state index contributed by atoms with van der Waals surface area (Å²) >= 11 is 0. The fourth-order valence-electron chi connectivity index (χ4n) is 5.58. The largest absolute Gasteiger partial charge is 0.390 e. The van der Waals surface area contributed by atoms with E-state index < -0.39 is 25.1 Å². The molecule has 4 heterocycles. The molecule has 2 aliphatic heterocycles. The summed E-state index contributed by atoms with van der Waals surface area (Å²) in [5, 5.41) is 17.0. The van der Waals surface area contributed by atoms with Gasteiger partial charge in [-0.1, -0.05) is 18.2 Å². The maximum absolute atomic E-state index is 14.5. The second-order valence-electron chi connectivity index (χ2n) is 10.6. The van der Waals surface area contributed by atoms with Crippen LogP contribution in [0.1, 0.15) is 36.2 Å². The summed E-state index contributed by atoms with van der Waals surface area (Å²) in [6.07, 6.45) is 6.69. The highest BCUT2D eigenvalue weighted by Gasteiger charge is 2.41. The number of alkyl halides is 3. The maximum Gasteiger partial charge on any atom is 0.283 e. The summed E-state index contributed by atoms with van der Waals surface area (Å²) < 4.78 is 43.1. The molecular formula is C28H35F3N6O. The van der Waals surface area contributed by atoms with E-state index in [-0.39, 0.29) is 18.8 Å². The molecule has 2 atom stereocenters. The second kappa shape index (κ2) is 11.0. The standard InChI is InChI=1S/C28H35F3N6O/c1-19-10-21-11-20(22-12-33-35(2)14-22)4-6-25(21)27(37(19)17-28(30,31)18-38)26-7-5-23(13-32-26)34-24-15-36(16-24)9-3-8-29/h4-7,11-14,19,24,27,34,38H,3,8-10,15-18H2,1-2H3/t19-,27-/m1/s1. The quantitative estimate of drug-likeness (QED) is 0.416. The van der Waals surface area contributed by atoms with Gasteiger partial charge in [-0.2, -0.15) is 5.10 Å². The molecule has 0 amide bonds. The molecule has 0 spiro atoms. The van der Waals surface area contributed by atoms with E-state index in [2.05, 4.69) is 21.4 Å². The third kappa shape index (κ3) is 5.72. The molecule has 10 heteroatoms. The first-order valence-corrected chi connectivity index (χ1v) is 13.1. The molecule has 2 N–H and O–H groups in total. The average molecular weight is 529 g/mol. The molecule has 38 heavy (non-hydrogen) atoms. The fraction of sp³-hybridized carbons (Fsp3) is 0.500. The summed E-state index contributed by atoms with van der Waals surface area (Å²) in [7, 11) is 1.87. The highest BCUT2D eigenvalue weighted by Crippen LogP contribution is 2.40. The number of rotatable bonds is 10. The lowest BCUT2D eigenvalue weighted by atomic mass is 9.85. The lowest BCUT2D eigenvalue weighted by molar-refractivity contribution is -0.0865. The van der Waals surface area contributed by atoms with Crippen molar-refractivity contribution in [3.8, 4) is 11.1 Å². The van der Waals surface area contributed by atoms with Gasteiger partial charge in [0, 0.05) is 44.5 Å². The molecule has 7 nitrogen and oxygen atoms in total. The van der Waals surface area contributed by atoms with E-state index in [1.165, 1.54) is 0 Å². The number of pyridine rings is 1. The number of aliphatic hydroxyl groups is 1. The summed E-state index contributed by atoms with van der Waals surface area (Å²) in [5.41, 5.74) is 5.63. The molecule has 204 valence electrons. The number of hydrogen-bond donors (Lipinski definition) is 2. The topological polar surface area (TPSA) is 69.5 Å². The lowest BCUT2D eigenvalue weighted by Crippen LogP contribution is -2.54. The predicted molar refractivity (Wildman–Crippen MR) is 141 cm³/mol. The minimum Gasteiger partial charge on any atom is -0.390 e. The molecule has 2 aromatic heterocycles. The van der Waals surface area contributed by atoms with Crippen molar-refractivity contribution >= 4 is 5.69 Å². The Bertz CT molecular complexity index is 1230. The van der Waals surface area contributed by atoms with Crippen molar-refractivity contribution in [1.29, 1.82) is 0 Å². The predicted octanol–water partition coefficient (Wildman–Crippen LogP) is 3.90. The van der Waals surface area contributed by atoms with Crippen LogP contribution in [0.4, 0.5) is 18.9 Å². The van der Waals surface area contributed by atoms with Gasteiger partial charge >= 0.3 is 0 Å². The molecule has 0 unspecified atom stereocenters. The van der Waals surface area contributed by atoms with E-state index in [0.29, 0.717) is 18.5 Å². The van der Waals surface area contributed by atoms with Gasteiger partial charge in [0.25, 0.3) is 5.92 Å². The Morgan fingerprint density at radius 3 is 2.61 bits per heavy atom. The Labute approximate surface area is 221 Å². The van der Waals surface area contributed by atoms with Crippen molar-refractivity contribution in [2.45, 2.75) is 43.8 Å². The van der Waals surface area contributed by atoms with Crippen LogP contribution < -0.4 is 5.32 Å². The Kier molecular flexibility index (Phi) is 7.74. The fourth-order valence-corrected chi connectivity index (χ4v) is 5.58. The number of hydrogen-bond acceptors (Lipinski definition) is 6. The third-order valence-corrected chi connectivity index (χ3v) is 7.54. The van der Waals surface area contributed by atoms with Crippen molar-refractivity contribution in [3.05, 3.63) is 65.7 Å². The number of aryl methyl sites for hydroxylation is 1. The zero-order valence-electron chi connectivity index (χ0n) is 21.8. The van der Waals surface area contributed by atoms with Gasteiger partial charge in [-0.05, 0) is 48.6 Å². The second-order valence-corrected chi connectivity index (χ2v) is 10.6. The molecule has 0 saturated carbocycles. The summed E-state index contributed by atoms with van der Waals surface area (Å²) in [5.74, 6) is -3.22. The van der Waals surface area contributed by atoms with Crippen LogP contribution in [0.2, 0.25) is 0 Å². The van der Waals surface area contributed by atoms with Crippen molar-refractivity contribution < 1.29 is 18.3 Å². The molecule has 0 bridgehead atoms. The summed E-state index contributed by atoms with van der Waals surface area (Å²) in [6.45, 7) is 2.38. The van der Waals surface area contributed by atoms with Gasteiger partial charge in [0.2, 0.25) is 0 Å².